The molecule has 1 aromatic carbocycles. The van der Waals surface area contributed by atoms with Crippen LogP contribution in [-0.2, 0) is 0 Å². The summed E-state index contributed by atoms with van der Waals surface area (Å²) in [6.07, 6.45) is 0. The summed E-state index contributed by atoms with van der Waals surface area (Å²) < 4.78 is 0. The van der Waals surface area contributed by atoms with Crippen LogP contribution in [0.3, 0.4) is 0 Å². The van der Waals surface area contributed by atoms with Gasteiger partial charge in [0.25, 0.3) is 0 Å². The number of aromatic nitrogens is 1. The molecule has 0 amide bonds. The second-order valence-electron chi connectivity index (χ2n) is 3.54. The van der Waals surface area contributed by atoms with E-state index in [-0.39, 0.29) is 5.69 Å². The van der Waals surface area contributed by atoms with Crippen molar-refractivity contribution in [3.63, 3.8) is 0 Å². The van der Waals surface area contributed by atoms with Crippen molar-refractivity contribution >= 4 is 28.5 Å². The van der Waals surface area contributed by atoms with Crippen LogP contribution in [0.2, 0.25) is 5.02 Å². The van der Waals surface area contributed by atoms with Gasteiger partial charge in [-0.05, 0) is 31.0 Å². The number of halogens is 1. The fourth-order valence-corrected chi connectivity index (χ4v) is 2.07. The van der Waals surface area contributed by atoms with Gasteiger partial charge in [-0.1, -0.05) is 17.7 Å². The lowest BCUT2D eigenvalue weighted by molar-refractivity contribution is 0.0691. The number of aromatic carboxylic acids is 1. The Balaban J connectivity index is 2.93. The number of hydrogen-bond acceptors (Lipinski definition) is 1. The van der Waals surface area contributed by atoms with Crippen LogP contribution in [-0.4, -0.2) is 16.1 Å². The molecule has 1 heterocycles. The molecule has 78 valence electrons. The van der Waals surface area contributed by atoms with Crippen LogP contribution >= 0.6 is 11.6 Å². The van der Waals surface area contributed by atoms with Gasteiger partial charge in [-0.2, -0.15) is 0 Å². The summed E-state index contributed by atoms with van der Waals surface area (Å²) in [6, 6.07) is 3.65. The zero-order valence-corrected chi connectivity index (χ0v) is 9.14. The number of aromatic amines is 1. The predicted molar refractivity (Wildman–Crippen MR) is 59.7 cm³/mol. The summed E-state index contributed by atoms with van der Waals surface area (Å²) >= 11 is 6.04. The molecule has 0 aliphatic rings. The van der Waals surface area contributed by atoms with Crippen LogP contribution in [0.1, 0.15) is 21.6 Å². The SMILES string of the molecule is Cc1ccc(Cl)c2c(C)c(C(=O)O)[nH]c12. The second kappa shape index (κ2) is 3.28. The highest BCUT2D eigenvalue weighted by molar-refractivity contribution is 6.36. The minimum absolute atomic E-state index is 0.209. The fourth-order valence-electron chi connectivity index (χ4n) is 1.77. The molecule has 0 bridgehead atoms. The monoisotopic (exact) mass is 223 g/mol. The van der Waals surface area contributed by atoms with Crippen molar-refractivity contribution in [3.8, 4) is 0 Å². The van der Waals surface area contributed by atoms with E-state index in [0.29, 0.717) is 10.6 Å². The van der Waals surface area contributed by atoms with Crippen molar-refractivity contribution in [3.05, 3.63) is 34.0 Å². The molecular weight excluding hydrogens is 214 g/mol. The number of benzene rings is 1. The number of aryl methyl sites for hydroxylation is 2. The van der Waals surface area contributed by atoms with E-state index in [1.807, 2.05) is 13.0 Å². The maximum Gasteiger partial charge on any atom is 0.352 e. The van der Waals surface area contributed by atoms with Crippen LogP contribution in [0.25, 0.3) is 10.9 Å². The number of carboxylic acid groups (broad SMARTS) is 1. The van der Waals surface area contributed by atoms with Crippen LogP contribution in [0.4, 0.5) is 0 Å². The lowest BCUT2D eigenvalue weighted by atomic mass is 10.1. The van der Waals surface area contributed by atoms with Gasteiger partial charge >= 0.3 is 5.97 Å². The molecule has 2 N–H and O–H groups in total. The number of hydrogen-bond donors (Lipinski definition) is 2. The lowest BCUT2D eigenvalue weighted by Crippen LogP contribution is -1.98. The Kier molecular flexibility index (Phi) is 2.20. The average molecular weight is 224 g/mol. The highest BCUT2D eigenvalue weighted by Crippen LogP contribution is 2.30. The van der Waals surface area contributed by atoms with Gasteiger partial charge in [0.15, 0.2) is 0 Å². The van der Waals surface area contributed by atoms with Gasteiger partial charge in [-0.25, -0.2) is 4.79 Å². The number of rotatable bonds is 1. The Bertz CT molecular complexity index is 557. The number of nitrogens with one attached hydrogen (secondary N) is 1. The lowest BCUT2D eigenvalue weighted by Gasteiger charge is -1.98. The maximum atomic E-state index is 10.9. The van der Waals surface area contributed by atoms with Crippen LogP contribution in [0.15, 0.2) is 12.1 Å². The highest BCUT2D eigenvalue weighted by Gasteiger charge is 2.16. The zero-order valence-electron chi connectivity index (χ0n) is 8.39. The van der Waals surface area contributed by atoms with Gasteiger partial charge < -0.3 is 10.1 Å². The molecule has 0 unspecified atom stereocenters. The first kappa shape index (κ1) is 10.1. The Morgan fingerprint density at radius 1 is 1.40 bits per heavy atom. The van der Waals surface area contributed by atoms with Crippen molar-refractivity contribution < 1.29 is 9.90 Å². The first-order chi connectivity index (χ1) is 7.02. The highest BCUT2D eigenvalue weighted by atomic mass is 35.5. The topological polar surface area (TPSA) is 53.1 Å². The summed E-state index contributed by atoms with van der Waals surface area (Å²) in [7, 11) is 0. The molecule has 3 nitrogen and oxygen atoms in total. The fraction of sp³-hybridized carbons (Fsp3) is 0.182. The van der Waals surface area contributed by atoms with Gasteiger partial charge in [-0.15, -0.1) is 0 Å². The molecule has 0 atom stereocenters. The number of H-pyrrole nitrogens is 1. The molecule has 0 saturated heterocycles. The quantitative estimate of drug-likeness (QED) is 0.780. The summed E-state index contributed by atoms with van der Waals surface area (Å²) in [5, 5.41) is 10.4. The molecule has 0 radical (unpaired) electrons. The van der Waals surface area contributed by atoms with E-state index in [4.69, 9.17) is 16.7 Å². The first-order valence-corrected chi connectivity index (χ1v) is 4.91. The minimum Gasteiger partial charge on any atom is -0.477 e. The summed E-state index contributed by atoms with van der Waals surface area (Å²) in [5.74, 6) is -0.959. The first-order valence-electron chi connectivity index (χ1n) is 4.53. The Morgan fingerprint density at radius 3 is 2.60 bits per heavy atom. The Labute approximate surface area is 91.7 Å². The van der Waals surface area contributed by atoms with E-state index in [1.165, 1.54) is 0 Å². The van der Waals surface area contributed by atoms with Gasteiger partial charge in [-0.3, -0.25) is 0 Å². The van der Waals surface area contributed by atoms with Crippen molar-refractivity contribution in [2.45, 2.75) is 13.8 Å². The summed E-state index contributed by atoms with van der Waals surface area (Å²) in [5.41, 5.74) is 2.69. The zero-order chi connectivity index (χ0) is 11.2. The van der Waals surface area contributed by atoms with Crippen molar-refractivity contribution in [2.24, 2.45) is 0 Å². The van der Waals surface area contributed by atoms with Gasteiger partial charge in [0.1, 0.15) is 5.69 Å². The van der Waals surface area contributed by atoms with E-state index >= 15 is 0 Å². The van der Waals surface area contributed by atoms with Crippen LogP contribution in [0.5, 0.6) is 0 Å². The maximum absolute atomic E-state index is 10.9. The van der Waals surface area contributed by atoms with E-state index in [1.54, 1.807) is 13.0 Å². The third-order valence-electron chi connectivity index (χ3n) is 2.58. The van der Waals surface area contributed by atoms with Crippen molar-refractivity contribution in [1.29, 1.82) is 0 Å². The van der Waals surface area contributed by atoms with Crippen LogP contribution in [0, 0.1) is 13.8 Å². The van der Waals surface area contributed by atoms with E-state index in [9.17, 15) is 4.79 Å². The van der Waals surface area contributed by atoms with E-state index < -0.39 is 5.97 Å². The van der Waals surface area contributed by atoms with E-state index in [0.717, 1.165) is 16.5 Å². The smallest absolute Gasteiger partial charge is 0.352 e. The molecule has 0 spiro atoms. The third-order valence-corrected chi connectivity index (χ3v) is 2.89. The molecular formula is C11H10ClNO2. The molecule has 4 heteroatoms. The summed E-state index contributed by atoms with van der Waals surface area (Å²) in [6.45, 7) is 3.67. The normalized spacial score (nSPS) is 10.9. The van der Waals surface area contributed by atoms with Gasteiger partial charge in [0, 0.05) is 5.39 Å². The molecule has 1 aromatic heterocycles. The minimum atomic E-state index is -0.959. The molecule has 2 rings (SSSR count). The third kappa shape index (κ3) is 1.39. The number of carbonyl (C=O) groups is 1. The second-order valence-corrected chi connectivity index (χ2v) is 3.95. The standard InChI is InChI=1S/C11H10ClNO2/c1-5-3-4-7(12)8-6(2)10(11(14)15)13-9(5)8/h3-4,13H,1-2H3,(H,14,15). The van der Waals surface area contributed by atoms with Crippen LogP contribution < -0.4 is 0 Å². The van der Waals surface area contributed by atoms with Crippen molar-refractivity contribution in [1.82, 2.24) is 4.98 Å². The number of fused-ring (bicyclic) bond motifs is 1. The number of carboxylic acids is 1. The van der Waals surface area contributed by atoms with Gasteiger partial charge in [0.2, 0.25) is 0 Å². The molecule has 0 aliphatic heterocycles. The molecule has 0 fully saturated rings. The van der Waals surface area contributed by atoms with Gasteiger partial charge in [0.05, 0.1) is 10.5 Å². The molecule has 2 aromatic rings. The Hall–Kier alpha value is -1.48. The van der Waals surface area contributed by atoms with Crippen molar-refractivity contribution in [2.75, 3.05) is 0 Å². The average Bonchev–Trinajstić information content (AvgIpc) is 2.51. The van der Waals surface area contributed by atoms with E-state index in [2.05, 4.69) is 4.98 Å². The molecule has 15 heavy (non-hydrogen) atoms. The largest absolute Gasteiger partial charge is 0.477 e. The predicted octanol–water partition coefficient (Wildman–Crippen LogP) is 3.14. The molecule has 0 saturated carbocycles. The summed E-state index contributed by atoms with van der Waals surface area (Å²) in [4.78, 5) is 13.8. The molecule has 0 aliphatic carbocycles. The Morgan fingerprint density at radius 2 is 2.07 bits per heavy atom.